The van der Waals surface area contributed by atoms with Gasteiger partial charge in [-0.1, -0.05) is 127 Å². The van der Waals surface area contributed by atoms with Gasteiger partial charge >= 0.3 is 0 Å². The Hall–Kier alpha value is -5.14. The molecule has 0 amide bonds. The number of nitrogens with zero attached hydrogens (tertiary/aromatic N) is 1. The van der Waals surface area contributed by atoms with Crippen LogP contribution in [0.2, 0.25) is 0 Å². The molecule has 1 nitrogen and oxygen atoms in total. The first-order valence-corrected chi connectivity index (χ1v) is 13.1. The standard InChI is InChI=1S/C38H25N/c1-2-13-26(14-3-1)37-31-19-4-6-21-33(31)38(34-22-7-5-20-32(34)37)27-15-12-16-28(25-27)39-35-23-10-8-17-29(35)30-18-9-11-24-36(30)39/h1-25H/i1D,2D,3D,13D,14D. The van der Waals surface area contributed by atoms with Crippen molar-refractivity contribution in [2.75, 3.05) is 0 Å². The average molecular weight is 501 g/mol. The number of hydrogen-bond donors (Lipinski definition) is 0. The smallest absolute Gasteiger partial charge is 0.0629 e. The molecule has 1 heteroatoms. The van der Waals surface area contributed by atoms with Crippen LogP contribution in [-0.2, 0) is 0 Å². The molecular weight excluding hydrogens is 470 g/mol. The number of aromatic nitrogens is 1. The van der Waals surface area contributed by atoms with Gasteiger partial charge in [0, 0.05) is 16.5 Å². The van der Waals surface area contributed by atoms with Crippen molar-refractivity contribution in [2.24, 2.45) is 0 Å². The molecule has 0 bridgehead atoms. The summed E-state index contributed by atoms with van der Waals surface area (Å²) in [6.45, 7) is 0. The van der Waals surface area contributed by atoms with Crippen LogP contribution in [0.3, 0.4) is 0 Å². The highest BCUT2D eigenvalue weighted by Crippen LogP contribution is 2.44. The summed E-state index contributed by atoms with van der Waals surface area (Å²) in [4.78, 5) is 0. The minimum atomic E-state index is -0.393. The molecule has 0 radical (unpaired) electrons. The number of benzene rings is 7. The molecule has 8 rings (SSSR count). The van der Waals surface area contributed by atoms with E-state index in [1.807, 2.05) is 36.4 Å². The predicted octanol–water partition coefficient (Wildman–Crippen LogP) is 10.4. The molecule has 0 saturated heterocycles. The van der Waals surface area contributed by atoms with Crippen LogP contribution in [-0.4, -0.2) is 4.57 Å². The molecule has 0 aliphatic carbocycles. The second-order valence-corrected chi connectivity index (χ2v) is 9.76. The van der Waals surface area contributed by atoms with Crippen LogP contribution in [0.4, 0.5) is 0 Å². The van der Waals surface area contributed by atoms with Gasteiger partial charge in [0.15, 0.2) is 0 Å². The molecule has 0 aliphatic heterocycles. The van der Waals surface area contributed by atoms with Gasteiger partial charge in [-0.3, -0.25) is 0 Å². The van der Waals surface area contributed by atoms with Crippen LogP contribution in [0.1, 0.15) is 6.85 Å². The molecule has 0 N–H and O–H groups in total. The Kier molecular flexibility index (Phi) is 3.89. The maximum atomic E-state index is 8.81. The Balaban J connectivity index is 1.47. The quantitative estimate of drug-likeness (QED) is 0.213. The summed E-state index contributed by atoms with van der Waals surface area (Å²) in [5.74, 6) is 0. The summed E-state index contributed by atoms with van der Waals surface area (Å²) in [7, 11) is 0. The van der Waals surface area contributed by atoms with Crippen molar-refractivity contribution in [1.82, 2.24) is 4.57 Å². The minimum absolute atomic E-state index is 0.201. The Morgan fingerprint density at radius 1 is 0.410 bits per heavy atom. The first kappa shape index (κ1) is 17.4. The second-order valence-electron chi connectivity index (χ2n) is 9.76. The summed E-state index contributed by atoms with van der Waals surface area (Å²) < 4.78 is 44.8. The van der Waals surface area contributed by atoms with Crippen molar-refractivity contribution >= 4 is 43.4 Å². The molecule has 0 atom stereocenters. The number of para-hydroxylation sites is 2. The van der Waals surface area contributed by atoms with Crippen LogP contribution in [0.25, 0.3) is 71.3 Å². The van der Waals surface area contributed by atoms with Crippen molar-refractivity contribution in [1.29, 1.82) is 0 Å². The number of fused-ring (bicyclic) bond motifs is 5. The van der Waals surface area contributed by atoms with Crippen LogP contribution >= 0.6 is 0 Å². The molecule has 8 aromatic rings. The molecule has 182 valence electrons. The lowest BCUT2D eigenvalue weighted by molar-refractivity contribution is 1.18. The molecule has 0 saturated carbocycles. The van der Waals surface area contributed by atoms with E-state index in [0.717, 1.165) is 49.4 Å². The Labute approximate surface area is 234 Å². The number of hydrogen-bond acceptors (Lipinski definition) is 0. The van der Waals surface area contributed by atoms with Crippen molar-refractivity contribution in [3.05, 3.63) is 152 Å². The lowest BCUT2D eigenvalue weighted by Crippen LogP contribution is -1.95. The van der Waals surface area contributed by atoms with Crippen LogP contribution < -0.4 is 0 Å². The average Bonchev–Trinajstić information content (AvgIpc) is 3.41. The fraction of sp³-hybridized carbons (Fsp3) is 0. The highest BCUT2D eigenvalue weighted by Gasteiger charge is 2.17. The van der Waals surface area contributed by atoms with Gasteiger partial charge in [0.1, 0.15) is 0 Å². The summed E-state index contributed by atoms with van der Waals surface area (Å²) >= 11 is 0. The van der Waals surface area contributed by atoms with E-state index in [2.05, 4.69) is 89.5 Å². The maximum Gasteiger partial charge on any atom is 0.0629 e. The van der Waals surface area contributed by atoms with E-state index in [-0.39, 0.29) is 29.7 Å². The second kappa shape index (κ2) is 8.72. The highest BCUT2D eigenvalue weighted by molar-refractivity contribution is 6.21. The van der Waals surface area contributed by atoms with E-state index in [1.54, 1.807) is 0 Å². The molecule has 0 spiro atoms. The van der Waals surface area contributed by atoms with Gasteiger partial charge in [-0.05, 0) is 68.1 Å². The zero-order chi connectivity index (χ0) is 30.1. The van der Waals surface area contributed by atoms with Gasteiger partial charge in [0.25, 0.3) is 0 Å². The summed E-state index contributed by atoms with van der Waals surface area (Å²) in [6.07, 6.45) is 0. The van der Waals surface area contributed by atoms with E-state index in [0.29, 0.717) is 5.56 Å². The molecule has 1 heterocycles. The van der Waals surface area contributed by atoms with E-state index in [9.17, 15) is 0 Å². The molecule has 0 unspecified atom stereocenters. The fourth-order valence-electron chi connectivity index (χ4n) is 6.08. The zero-order valence-corrected chi connectivity index (χ0v) is 21.0. The van der Waals surface area contributed by atoms with Gasteiger partial charge in [-0.2, -0.15) is 0 Å². The van der Waals surface area contributed by atoms with E-state index >= 15 is 0 Å². The Morgan fingerprint density at radius 2 is 0.872 bits per heavy atom. The van der Waals surface area contributed by atoms with Gasteiger partial charge in [-0.15, -0.1) is 0 Å². The third kappa shape index (κ3) is 3.34. The van der Waals surface area contributed by atoms with Crippen molar-refractivity contribution < 1.29 is 6.85 Å². The molecule has 0 aliphatic rings. The first-order chi connectivity index (χ1) is 21.5. The van der Waals surface area contributed by atoms with Crippen molar-refractivity contribution in [3.8, 4) is 27.9 Å². The fourth-order valence-corrected chi connectivity index (χ4v) is 6.08. The van der Waals surface area contributed by atoms with Crippen molar-refractivity contribution in [2.45, 2.75) is 0 Å². The predicted molar refractivity (Wildman–Crippen MR) is 167 cm³/mol. The zero-order valence-electron chi connectivity index (χ0n) is 26.0. The van der Waals surface area contributed by atoms with Crippen LogP contribution in [0.15, 0.2) is 152 Å². The van der Waals surface area contributed by atoms with Crippen LogP contribution in [0.5, 0.6) is 0 Å². The molecule has 1 aromatic heterocycles. The lowest BCUT2D eigenvalue weighted by atomic mass is 9.86. The van der Waals surface area contributed by atoms with Gasteiger partial charge in [0.2, 0.25) is 0 Å². The third-order valence-electron chi connectivity index (χ3n) is 7.65. The normalized spacial score (nSPS) is 13.4. The van der Waals surface area contributed by atoms with Gasteiger partial charge in [0.05, 0.1) is 17.9 Å². The molecular formula is C38H25N. The van der Waals surface area contributed by atoms with Gasteiger partial charge < -0.3 is 4.57 Å². The first-order valence-electron chi connectivity index (χ1n) is 15.6. The maximum absolute atomic E-state index is 8.81. The summed E-state index contributed by atoms with van der Waals surface area (Å²) in [6, 6.07) is 40.0. The summed E-state index contributed by atoms with van der Waals surface area (Å²) in [5, 5.41) is 5.98. The third-order valence-corrected chi connectivity index (χ3v) is 7.65. The number of rotatable bonds is 3. The molecule has 7 aromatic carbocycles. The van der Waals surface area contributed by atoms with E-state index in [4.69, 9.17) is 6.85 Å². The Morgan fingerprint density at radius 3 is 1.41 bits per heavy atom. The van der Waals surface area contributed by atoms with E-state index < -0.39 is 6.04 Å². The lowest BCUT2D eigenvalue weighted by Gasteiger charge is -2.18. The van der Waals surface area contributed by atoms with Crippen molar-refractivity contribution in [3.63, 3.8) is 0 Å². The molecule has 39 heavy (non-hydrogen) atoms. The topological polar surface area (TPSA) is 4.93 Å². The molecule has 0 fully saturated rings. The monoisotopic (exact) mass is 500 g/mol. The van der Waals surface area contributed by atoms with Crippen LogP contribution in [0, 0.1) is 0 Å². The summed E-state index contributed by atoms with van der Waals surface area (Å²) in [5.41, 5.74) is 6.25. The largest absolute Gasteiger partial charge is 0.309 e. The minimum Gasteiger partial charge on any atom is -0.309 e. The Bertz CT molecular complexity index is 2320. The highest BCUT2D eigenvalue weighted by atomic mass is 15.0. The van der Waals surface area contributed by atoms with E-state index in [1.165, 1.54) is 10.8 Å². The SMILES string of the molecule is [2H]c1c([2H])c([2H])c(-c2c3ccccc3c(-c3cccc(-n4c5ccccc5c5ccccc54)c3)c3ccccc23)c([2H])c1[2H]. The van der Waals surface area contributed by atoms with Gasteiger partial charge in [-0.25, -0.2) is 0 Å².